The van der Waals surface area contributed by atoms with Crippen molar-refractivity contribution in [3.8, 4) is 11.1 Å². The van der Waals surface area contributed by atoms with Gasteiger partial charge in [0.25, 0.3) is 0 Å². The molecule has 25 heavy (non-hydrogen) atoms. The molecule has 122 valence electrons. The van der Waals surface area contributed by atoms with E-state index in [0.29, 0.717) is 12.0 Å². The van der Waals surface area contributed by atoms with Crippen molar-refractivity contribution in [2.45, 2.75) is 6.42 Å². The molecule has 0 saturated heterocycles. The average Bonchev–Trinajstić information content (AvgIpc) is 3.04. The Morgan fingerprint density at radius 2 is 1.68 bits per heavy atom. The minimum Gasteiger partial charge on any atom is -0.478 e. The maximum absolute atomic E-state index is 11.4. The van der Waals surface area contributed by atoms with Crippen LogP contribution in [0.15, 0.2) is 72.8 Å². The summed E-state index contributed by atoms with van der Waals surface area (Å²) in [6.45, 7) is 0. The normalized spacial score (nSPS) is 10.9. The third kappa shape index (κ3) is 3.16. The van der Waals surface area contributed by atoms with Crippen molar-refractivity contribution >= 4 is 27.5 Å². The highest BCUT2D eigenvalue weighted by atomic mass is 32.1. The molecule has 0 bridgehead atoms. The highest BCUT2D eigenvalue weighted by Gasteiger charge is 2.12. The van der Waals surface area contributed by atoms with Crippen molar-refractivity contribution in [2.24, 2.45) is 0 Å². The lowest BCUT2D eigenvalue weighted by Crippen LogP contribution is -2.02. The van der Waals surface area contributed by atoms with Gasteiger partial charge in [-0.3, -0.25) is 0 Å². The van der Waals surface area contributed by atoms with Gasteiger partial charge in [-0.25, -0.2) is 9.78 Å². The van der Waals surface area contributed by atoms with Crippen LogP contribution in [0.2, 0.25) is 0 Å². The number of thiazole rings is 1. The Bertz CT molecular complexity index is 1050. The topological polar surface area (TPSA) is 50.2 Å². The fourth-order valence-corrected chi connectivity index (χ4v) is 3.93. The molecule has 0 spiro atoms. The molecule has 0 aliphatic carbocycles. The Morgan fingerprint density at radius 1 is 0.920 bits per heavy atom. The van der Waals surface area contributed by atoms with Gasteiger partial charge in [0.2, 0.25) is 0 Å². The molecule has 0 saturated carbocycles. The van der Waals surface area contributed by atoms with Crippen LogP contribution in [0.25, 0.3) is 21.3 Å². The fourth-order valence-electron chi connectivity index (χ4n) is 2.90. The van der Waals surface area contributed by atoms with Gasteiger partial charge in [-0.2, -0.15) is 0 Å². The van der Waals surface area contributed by atoms with Gasteiger partial charge in [-0.1, -0.05) is 54.6 Å². The zero-order valence-corrected chi connectivity index (χ0v) is 14.2. The molecule has 0 radical (unpaired) electrons. The number of hydrogen-bond donors (Lipinski definition) is 1. The van der Waals surface area contributed by atoms with Gasteiger partial charge in [-0.05, 0) is 34.9 Å². The maximum atomic E-state index is 11.4. The second kappa shape index (κ2) is 6.49. The third-order valence-corrected chi connectivity index (χ3v) is 5.15. The first-order chi connectivity index (χ1) is 12.2. The van der Waals surface area contributed by atoms with Gasteiger partial charge in [0.05, 0.1) is 20.8 Å². The number of carboxylic acids is 1. The monoisotopic (exact) mass is 345 g/mol. The van der Waals surface area contributed by atoms with Crippen molar-refractivity contribution in [1.82, 2.24) is 4.98 Å². The van der Waals surface area contributed by atoms with Crippen LogP contribution in [0, 0.1) is 0 Å². The first-order valence-corrected chi connectivity index (χ1v) is 8.78. The van der Waals surface area contributed by atoms with Gasteiger partial charge < -0.3 is 5.11 Å². The molecule has 0 aliphatic heterocycles. The van der Waals surface area contributed by atoms with Gasteiger partial charge in [0, 0.05) is 6.42 Å². The Balaban J connectivity index is 1.69. The van der Waals surface area contributed by atoms with E-state index in [1.165, 1.54) is 5.56 Å². The van der Waals surface area contributed by atoms with Gasteiger partial charge in [0.1, 0.15) is 0 Å². The van der Waals surface area contributed by atoms with Crippen molar-refractivity contribution < 1.29 is 9.90 Å². The van der Waals surface area contributed by atoms with Crippen LogP contribution in [-0.2, 0) is 6.42 Å². The second-order valence-corrected chi connectivity index (χ2v) is 6.91. The summed E-state index contributed by atoms with van der Waals surface area (Å²) in [5, 5.41) is 10.3. The number of rotatable bonds is 4. The van der Waals surface area contributed by atoms with Crippen molar-refractivity contribution in [3.05, 3.63) is 88.9 Å². The summed E-state index contributed by atoms with van der Waals surface area (Å²) >= 11 is 1.62. The molecule has 4 aromatic rings. The van der Waals surface area contributed by atoms with Crippen LogP contribution in [0.1, 0.15) is 20.9 Å². The number of aromatic carboxylic acids is 1. The molecular formula is C21H15NO2S. The van der Waals surface area contributed by atoms with Crippen LogP contribution in [0.4, 0.5) is 0 Å². The fraction of sp³-hybridized carbons (Fsp3) is 0.0476. The molecule has 0 amide bonds. The van der Waals surface area contributed by atoms with Crippen LogP contribution < -0.4 is 0 Å². The number of nitrogens with zero attached hydrogens (tertiary/aromatic N) is 1. The van der Waals surface area contributed by atoms with Crippen LogP contribution >= 0.6 is 11.3 Å². The zero-order chi connectivity index (χ0) is 17.2. The quantitative estimate of drug-likeness (QED) is 0.549. The third-order valence-electron chi connectivity index (χ3n) is 4.13. The van der Waals surface area contributed by atoms with E-state index in [4.69, 9.17) is 0 Å². The summed E-state index contributed by atoms with van der Waals surface area (Å²) in [6.07, 6.45) is 0.530. The van der Waals surface area contributed by atoms with Gasteiger partial charge >= 0.3 is 5.97 Å². The summed E-state index contributed by atoms with van der Waals surface area (Å²) in [4.78, 5) is 16.0. The minimum atomic E-state index is -0.900. The second-order valence-electron chi connectivity index (χ2n) is 5.80. The van der Waals surface area contributed by atoms with Crippen LogP contribution in [0.3, 0.4) is 0 Å². The Labute approximate surface area is 149 Å². The first-order valence-electron chi connectivity index (χ1n) is 7.97. The number of benzene rings is 3. The summed E-state index contributed by atoms with van der Waals surface area (Å²) < 4.78 is 1.11. The molecule has 3 nitrogen and oxygen atoms in total. The lowest BCUT2D eigenvalue weighted by atomic mass is 10.1. The lowest BCUT2D eigenvalue weighted by molar-refractivity contribution is 0.0696. The van der Waals surface area contributed by atoms with E-state index in [-0.39, 0.29) is 0 Å². The standard InChI is InChI=1S/C21H15NO2S/c23-21(24)17-9-5-4-8-16(17)13-20-22-18-11-10-15(12-19(18)25-20)14-6-2-1-3-7-14/h1-12H,13H2,(H,23,24). The predicted molar refractivity (Wildman–Crippen MR) is 101 cm³/mol. The molecular weight excluding hydrogens is 330 g/mol. The molecule has 1 N–H and O–H groups in total. The van der Waals surface area contributed by atoms with E-state index in [2.05, 4.69) is 29.2 Å². The van der Waals surface area contributed by atoms with E-state index >= 15 is 0 Å². The highest BCUT2D eigenvalue weighted by Crippen LogP contribution is 2.29. The molecule has 0 fully saturated rings. The smallest absolute Gasteiger partial charge is 0.335 e. The highest BCUT2D eigenvalue weighted by molar-refractivity contribution is 7.18. The number of carbonyl (C=O) groups is 1. The molecule has 0 atom stereocenters. The van der Waals surface area contributed by atoms with Crippen molar-refractivity contribution in [1.29, 1.82) is 0 Å². The largest absolute Gasteiger partial charge is 0.478 e. The van der Waals surface area contributed by atoms with E-state index < -0.39 is 5.97 Å². The maximum Gasteiger partial charge on any atom is 0.335 e. The molecule has 4 heteroatoms. The molecule has 3 aromatic carbocycles. The Morgan fingerprint density at radius 3 is 2.48 bits per heavy atom. The summed E-state index contributed by atoms with van der Waals surface area (Å²) in [5.74, 6) is -0.900. The van der Waals surface area contributed by atoms with Crippen molar-refractivity contribution in [3.63, 3.8) is 0 Å². The van der Waals surface area contributed by atoms with E-state index in [9.17, 15) is 9.90 Å². The lowest BCUT2D eigenvalue weighted by Gasteiger charge is -2.02. The van der Waals surface area contributed by atoms with E-state index in [0.717, 1.165) is 26.4 Å². The average molecular weight is 345 g/mol. The predicted octanol–water partition coefficient (Wildman–Crippen LogP) is 5.25. The summed E-state index contributed by atoms with van der Waals surface area (Å²) in [5.41, 5.74) is 4.42. The molecule has 4 rings (SSSR count). The van der Waals surface area contributed by atoms with E-state index in [1.54, 1.807) is 23.5 Å². The first kappa shape index (κ1) is 15.5. The number of fused-ring (bicyclic) bond motifs is 1. The number of aromatic nitrogens is 1. The zero-order valence-electron chi connectivity index (χ0n) is 13.3. The Kier molecular flexibility index (Phi) is 4.04. The van der Waals surface area contributed by atoms with E-state index in [1.807, 2.05) is 36.4 Å². The van der Waals surface area contributed by atoms with Crippen LogP contribution in [0.5, 0.6) is 0 Å². The van der Waals surface area contributed by atoms with Gasteiger partial charge in [0.15, 0.2) is 0 Å². The molecule has 1 heterocycles. The van der Waals surface area contributed by atoms with Crippen LogP contribution in [-0.4, -0.2) is 16.1 Å². The van der Waals surface area contributed by atoms with Gasteiger partial charge in [-0.15, -0.1) is 11.3 Å². The Hall–Kier alpha value is -2.98. The minimum absolute atomic E-state index is 0.340. The number of carboxylic acid groups (broad SMARTS) is 1. The summed E-state index contributed by atoms with van der Waals surface area (Å²) in [7, 11) is 0. The SMILES string of the molecule is O=C(O)c1ccccc1Cc1nc2ccc(-c3ccccc3)cc2s1. The molecule has 0 aliphatic rings. The molecule has 1 aromatic heterocycles. The molecule has 0 unspecified atom stereocenters. The number of hydrogen-bond acceptors (Lipinski definition) is 3. The summed E-state index contributed by atoms with van der Waals surface area (Å²) in [6, 6.07) is 23.6. The van der Waals surface area contributed by atoms with Crippen molar-refractivity contribution in [2.75, 3.05) is 0 Å².